The predicted molar refractivity (Wildman–Crippen MR) is 131 cm³/mol. The van der Waals surface area contributed by atoms with E-state index < -0.39 is 18.0 Å². The average Bonchev–Trinajstić information content (AvgIpc) is 3.08. The van der Waals surface area contributed by atoms with Gasteiger partial charge in [-0.05, 0) is 43.8 Å². The second-order valence-corrected chi connectivity index (χ2v) is 8.94. The molecule has 0 amide bonds. The van der Waals surface area contributed by atoms with Gasteiger partial charge in [-0.2, -0.15) is 0 Å². The third-order valence-electron chi connectivity index (χ3n) is 5.88. The third-order valence-corrected chi connectivity index (χ3v) is 5.88. The van der Waals surface area contributed by atoms with E-state index in [-0.39, 0.29) is 24.0 Å². The molecule has 0 radical (unpaired) electrons. The van der Waals surface area contributed by atoms with E-state index in [1.54, 1.807) is 0 Å². The maximum atomic E-state index is 11.8. The highest BCUT2D eigenvalue weighted by Crippen LogP contribution is 2.39. The first-order valence-electron chi connectivity index (χ1n) is 12.7. The van der Waals surface area contributed by atoms with E-state index in [1.165, 1.54) is 27.9 Å². The molecule has 1 rings (SSSR count). The van der Waals surface area contributed by atoms with Crippen LogP contribution in [0.1, 0.15) is 98.3 Å². The molecule has 3 atom stereocenters. The summed E-state index contributed by atoms with van der Waals surface area (Å²) in [6.45, 7) is 6.22. The molecule has 1 aliphatic carbocycles. The van der Waals surface area contributed by atoms with Gasteiger partial charge in [-0.1, -0.05) is 38.7 Å². The van der Waals surface area contributed by atoms with Gasteiger partial charge in [-0.25, -0.2) is 0 Å². The Morgan fingerprint density at radius 1 is 0.943 bits per heavy atom. The summed E-state index contributed by atoms with van der Waals surface area (Å²) in [4.78, 5) is 46.4. The van der Waals surface area contributed by atoms with Crippen molar-refractivity contribution in [1.82, 2.24) is 0 Å². The fourth-order valence-corrected chi connectivity index (χ4v) is 4.29. The van der Waals surface area contributed by atoms with Gasteiger partial charge in [-0.3, -0.25) is 19.2 Å². The van der Waals surface area contributed by atoms with Crippen molar-refractivity contribution in [3.05, 3.63) is 23.5 Å². The van der Waals surface area contributed by atoms with Crippen LogP contribution in [0.5, 0.6) is 0 Å². The van der Waals surface area contributed by atoms with E-state index >= 15 is 0 Å². The van der Waals surface area contributed by atoms with Crippen molar-refractivity contribution in [1.29, 1.82) is 0 Å². The maximum absolute atomic E-state index is 11.8. The normalized spacial score (nSPS) is 18.4. The smallest absolute Gasteiger partial charge is 0.307 e. The molecule has 0 bridgehead atoms. The molecule has 0 aromatic rings. The topological polar surface area (TPSA) is 105 Å². The Morgan fingerprint density at radius 2 is 1.66 bits per heavy atom. The van der Waals surface area contributed by atoms with Crippen LogP contribution >= 0.6 is 0 Å². The Morgan fingerprint density at radius 3 is 2.26 bits per heavy atom. The zero-order valence-corrected chi connectivity index (χ0v) is 21.9. The fraction of sp³-hybridized carbons (Fsp3) is 0.704. The zero-order chi connectivity index (χ0) is 26.2. The molecule has 0 aromatic carbocycles. The first-order chi connectivity index (χ1) is 16.7. The van der Waals surface area contributed by atoms with E-state index in [9.17, 15) is 19.2 Å². The lowest BCUT2D eigenvalue weighted by Gasteiger charge is -2.20. The number of carbonyl (C=O) groups is 4. The van der Waals surface area contributed by atoms with Gasteiger partial charge in [0.05, 0.1) is 7.11 Å². The highest BCUT2D eigenvalue weighted by Gasteiger charge is 2.37. The van der Waals surface area contributed by atoms with Crippen LogP contribution < -0.4 is 0 Å². The van der Waals surface area contributed by atoms with Crippen LogP contribution in [0.25, 0.3) is 0 Å². The number of hydrogen-bond donors (Lipinski definition) is 0. The molecule has 0 aromatic heterocycles. The molecule has 8 nitrogen and oxygen atoms in total. The summed E-state index contributed by atoms with van der Waals surface area (Å²) in [6, 6.07) is 0. The molecule has 0 unspecified atom stereocenters. The molecule has 0 spiro atoms. The van der Waals surface area contributed by atoms with Gasteiger partial charge in [0.2, 0.25) is 0 Å². The minimum atomic E-state index is -0.485. The van der Waals surface area contributed by atoms with Gasteiger partial charge in [0.25, 0.3) is 0 Å². The fourth-order valence-electron chi connectivity index (χ4n) is 4.29. The van der Waals surface area contributed by atoms with E-state index in [0.29, 0.717) is 31.4 Å². The second-order valence-electron chi connectivity index (χ2n) is 8.94. The zero-order valence-electron chi connectivity index (χ0n) is 21.9. The summed E-state index contributed by atoms with van der Waals surface area (Å²) in [5.41, 5.74) is 0.922. The van der Waals surface area contributed by atoms with Crippen molar-refractivity contribution in [2.75, 3.05) is 7.11 Å². The van der Waals surface area contributed by atoms with Crippen molar-refractivity contribution in [2.24, 2.45) is 5.92 Å². The van der Waals surface area contributed by atoms with E-state index in [4.69, 9.17) is 14.2 Å². The van der Waals surface area contributed by atoms with Crippen molar-refractivity contribution in [3.63, 3.8) is 0 Å². The molecule has 1 aliphatic rings. The van der Waals surface area contributed by atoms with Gasteiger partial charge in [0.1, 0.15) is 18.0 Å². The SMILES string of the molecule is CCCCC[C@@H](/C=C/[C@@H]1C(CCCCCCC(=O)OC)=C(OC(C)=O)C[C@H]1OC(C)=O)OC(C)=O. The molecule has 0 fully saturated rings. The summed E-state index contributed by atoms with van der Waals surface area (Å²) < 4.78 is 21.2. The molecule has 0 saturated carbocycles. The van der Waals surface area contributed by atoms with Crippen LogP contribution in [0.2, 0.25) is 0 Å². The molecule has 0 saturated heterocycles. The molecule has 0 aliphatic heterocycles. The van der Waals surface area contributed by atoms with Crippen molar-refractivity contribution >= 4 is 23.9 Å². The average molecular weight is 495 g/mol. The van der Waals surface area contributed by atoms with Gasteiger partial charge in [0.15, 0.2) is 0 Å². The summed E-state index contributed by atoms with van der Waals surface area (Å²) in [7, 11) is 1.38. The van der Waals surface area contributed by atoms with Crippen molar-refractivity contribution in [3.8, 4) is 0 Å². The van der Waals surface area contributed by atoms with Crippen LogP contribution in [-0.4, -0.2) is 43.2 Å². The van der Waals surface area contributed by atoms with Crippen LogP contribution in [0.3, 0.4) is 0 Å². The highest BCUT2D eigenvalue weighted by atomic mass is 16.6. The van der Waals surface area contributed by atoms with E-state index in [0.717, 1.165) is 50.5 Å². The molecule has 0 N–H and O–H groups in total. The van der Waals surface area contributed by atoms with Crippen LogP contribution in [0.4, 0.5) is 0 Å². The monoisotopic (exact) mass is 494 g/mol. The molecule has 8 heteroatoms. The quantitative estimate of drug-likeness (QED) is 0.123. The first-order valence-corrected chi connectivity index (χ1v) is 12.7. The number of esters is 4. The summed E-state index contributed by atoms with van der Waals surface area (Å²) >= 11 is 0. The molecular formula is C27H42O8. The number of rotatable bonds is 16. The summed E-state index contributed by atoms with van der Waals surface area (Å²) in [5.74, 6) is -1.10. The molecule has 198 valence electrons. The van der Waals surface area contributed by atoms with Crippen molar-refractivity contribution in [2.45, 2.75) is 111 Å². The van der Waals surface area contributed by atoms with E-state index in [1.807, 2.05) is 12.2 Å². The minimum Gasteiger partial charge on any atom is -0.469 e. The largest absolute Gasteiger partial charge is 0.469 e. The Hall–Kier alpha value is -2.64. The van der Waals surface area contributed by atoms with Gasteiger partial charge in [-0.15, -0.1) is 0 Å². The number of methoxy groups -OCH3 is 1. The van der Waals surface area contributed by atoms with Crippen molar-refractivity contribution < 1.29 is 38.1 Å². The lowest BCUT2D eigenvalue weighted by atomic mass is 9.93. The standard InChI is InChI=1S/C27H42O8/c1-6-7-10-13-22(33-19(2)28)16-17-24-23(14-11-8-9-12-15-27(31)32-5)25(34-20(3)29)18-26(24)35-21(4)30/h16-17,22,24,26H,6-15,18H2,1-5H3/b17-16+/t22-,24+,26+/m0/s1. The number of hydrogen-bond acceptors (Lipinski definition) is 8. The summed E-state index contributed by atoms with van der Waals surface area (Å²) in [5, 5.41) is 0. The Labute approximate surface area is 209 Å². The molecule has 0 heterocycles. The van der Waals surface area contributed by atoms with Crippen LogP contribution in [0, 0.1) is 5.92 Å². The van der Waals surface area contributed by atoms with E-state index in [2.05, 4.69) is 11.7 Å². The second kappa shape index (κ2) is 16.9. The van der Waals surface area contributed by atoms with Gasteiger partial charge in [0, 0.05) is 39.5 Å². The number of carbonyl (C=O) groups excluding carboxylic acids is 4. The Kier molecular flexibility index (Phi) is 14.7. The van der Waals surface area contributed by atoms with Crippen LogP contribution in [0.15, 0.2) is 23.5 Å². The predicted octanol–water partition coefficient (Wildman–Crippen LogP) is 5.34. The lowest BCUT2D eigenvalue weighted by Crippen LogP contribution is -2.23. The van der Waals surface area contributed by atoms with Crippen LogP contribution in [-0.2, 0) is 38.1 Å². The molecular weight excluding hydrogens is 452 g/mol. The summed E-state index contributed by atoms with van der Waals surface area (Å²) in [6.07, 6.45) is 11.4. The first kappa shape index (κ1) is 30.4. The Bertz CT molecular complexity index is 767. The third kappa shape index (κ3) is 12.6. The highest BCUT2D eigenvalue weighted by molar-refractivity contribution is 5.69. The number of ether oxygens (including phenoxy) is 4. The molecule has 35 heavy (non-hydrogen) atoms. The lowest BCUT2D eigenvalue weighted by molar-refractivity contribution is -0.147. The van der Waals surface area contributed by atoms with Gasteiger partial charge < -0.3 is 18.9 Å². The maximum Gasteiger partial charge on any atom is 0.307 e. The minimum absolute atomic E-state index is 0.212. The van der Waals surface area contributed by atoms with Gasteiger partial charge >= 0.3 is 23.9 Å². The Balaban J connectivity index is 3.00. The number of unbranched alkanes of at least 4 members (excludes halogenated alkanes) is 5.